The van der Waals surface area contributed by atoms with Crippen LogP contribution in [0.15, 0.2) is 67.0 Å². The van der Waals surface area contributed by atoms with Gasteiger partial charge in [0.1, 0.15) is 0 Å². The first-order valence-electron chi connectivity index (χ1n) is 10.5. The van der Waals surface area contributed by atoms with E-state index in [1.54, 1.807) is 12.4 Å². The summed E-state index contributed by atoms with van der Waals surface area (Å²) in [5.41, 5.74) is 5.27. The Morgan fingerprint density at radius 3 is 2.59 bits per heavy atom. The molecule has 0 radical (unpaired) electrons. The van der Waals surface area contributed by atoms with Gasteiger partial charge >= 0.3 is 0 Å². The Morgan fingerprint density at radius 1 is 1.00 bits per heavy atom. The minimum atomic E-state index is -0.178. The van der Waals surface area contributed by atoms with E-state index in [-0.39, 0.29) is 17.8 Å². The lowest BCUT2D eigenvalue weighted by Gasteiger charge is -2.35. The fourth-order valence-electron chi connectivity index (χ4n) is 4.28. The Balaban J connectivity index is 1.38. The topological polar surface area (TPSA) is 99.8 Å². The van der Waals surface area contributed by atoms with Gasteiger partial charge in [0, 0.05) is 29.9 Å². The largest absolute Gasteiger partial charge is 0.377 e. The van der Waals surface area contributed by atoms with Gasteiger partial charge in [0.2, 0.25) is 5.82 Å². The van der Waals surface area contributed by atoms with Gasteiger partial charge in [0.15, 0.2) is 0 Å². The molecule has 1 fully saturated rings. The summed E-state index contributed by atoms with van der Waals surface area (Å²) in [5, 5.41) is 7.38. The number of H-pyrrole nitrogens is 2. The maximum Gasteiger partial charge on any atom is 0.292 e. The lowest BCUT2D eigenvalue weighted by Crippen LogP contribution is -2.43. The van der Waals surface area contributed by atoms with Crippen LogP contribution < -0.4 is 0 Å². The summed E-state index contributed by atoms with van der Waals surface area (Å²) < 4.78 is 5.66. The van der Waals surface area contributed by atoms with Gasteiger partial charge < -0.3 is 14.7 Å². The maximum atomic E-state index is 13.4. The third-order valence-electron chi connectivity index (χ3n) is 5.89. The van der Waals surface area contributed by atoms with Crippen molar-refractivity contribution in [3.8, 4) is 11.3 Å². The third kappa shape index (κ3) is 3.12. The number of carbonyl (C=O) groups is 1. The van der Waals surface area contributed by atoms with Crippen LogP contribution in [-0.4, -0.2) is 55.7 Å². The summed E-state index contributed by atoms with van der Waals surface area (Å²) in [6, 6.07) is 17.6. The molecule has 1 aliphatic heterocycles. The lowest BCUT2D eigenvalue weighted by molar-refractivity contribution is -0.00326. The van der Waals surface area contributed by atoms with Crippen molar-refractivity contribution in [3.05, 3.63) is 78.4 Å². The van der Waals surface area contributed by atoms with Crippen molar-refractivity contribution in [2.45, 2.75) is 6.04 Å². The molecule has 1 amide bonds. The van der Waals surface area contributed by atoms with Crippen LogP contribution in [-0.2, 0) is 4.74 Å². The van der Waals surface area contributed by atoms with Gasteiger partial charge in [-0.15, -0.1) is 0 Å². The number of nitrogens with one attached hydrogen (secondary N) is 2. The average molecular weight is 424 g/mol. The molecular weight excluding hydrogens is 404 g/mol. The highest BCUT2D eigenvalue weighted by Crippen LogP contribution is 2.30. The second-order valence-corrected chi connectivity index (χ2v) is 7.79. The number of nitrogens with zero attached hydrogens (tertiary/aromatic N) is 4. The van der Waals surface area contributed by atoms with Crippen LogP contribution in [0.5, 0.6) is 0 Å². The number of carbonyl (C=O) groups excluding carboxylic acids is 1. The van der Waals surface area contributed by atoms with E-state index in [4.69, 9.17) is 4.74 Å². The number of amides is 1. The molecule has 2 N–H and O–H groups in total. The molecule has 0 saturated carbocycles. The van der Waals surface area contributed by atoms with Crippen LogP contribution in [0.1, 0.15) is 22.2 Å². The number of rotatable bonds is 3. The lowest BCUT2D eigenvalue weighted by atomic mass is 10.0. The van der Waals surface area contributed by atoms with Gasteiger partial charge in [0.05, 0.1) is 41.5 Å². The number of fused-ring (bicyclic) bond motifs is 2. The first-order valence-corrected chi connectivity index (χ1v) is 10.5. The van der Waals surface area contributed by atoms with Crippen molar-refractivity contribution in [1.82, 2.24) is 30.0 Å². The molecule has 0 bridgehead atoms. The van der Waals surface area contributed by atoms with E-state index < -0.39 is 0 Å². The Bertz CT molecular complexity index is 1410. The highest BCUT2D eigenvalue weighted by Gasteiger charge is 2.31. The van der Waals surface area contributed by atoms with Crippen LogP contribution in [0.3, 0.4) is 0 Å². The monoisotopic (exact) mass is 424 g/mol. The Labute approximate surface area is 183 Å². The number of imidazole rings is 1. The number of ether oxygens (including phenoxy) is 1. The number of morpholine rings is 1. The molecule has 2 aromatic carbocycles. The van der Waals surface area contributed by atoms with E-state index in [2.05, 4.69) is 25.1 Å². The first kappa shape index (κ1) is 18.7. The molecule has 8 heteroatoms. The van der Waals surface area contributed by atoms with Crippen molar-refractivity contribution < 1.29 is 9.53 Å². The molecule has 5 aromatic rings. The van der Waals surface area contributed by atoms with Crippen molar-refractivity contribution in [2.24, 2.45) is 0 Å². The van der Waals surface area contributed by atoms with Crippen molar-refractivity contribution in [1.29, 1.82) is 0 Å². The molecule has 0 aliphatic carbocycles. The van der Waals surface area contributed by atoms with Crippen LogP contribution in [0.2, 0.25) is 0 Å². The quantitative estimate of drug-likeness (QED) is 0.460. The molecule has 158 valence electrons. The third-order valence-corrected chi connectivity index (χ3v) is 5.89. The van der Waals surface area contributed by atoms with Crippen LogP contribution in [0.4, 0.5) is 0 Å². The molecule has 0 spiro atoms. The predicted molar refractivity (Wildman–Crippen MR) is 120 cm³/mol. The van der Waals surface area contributed by atoms with Gasteiger partial charge in [0.25, 0.3) is 5.91 Å². The number of aromatic nitrogens is 5. The molecule has 32 heavy (non-hydrogen) atoms. The summed E-state index contributed by atoms with van der Waals surface area (Å²) in [4.78, 5) is 28.5. The van der Waals surface area contributed by atoms with Crippen molar-refractivity contribution in [3.63, 3.8) is 0 Å². The molecule has 8 nitrogen and oxygen atoms in total. The number of benzene rings is 2. The number of aromatic amines is 2. The van der Waals surface area contributed by atoms with Gasteiger partial charge in [-0.05, 0) is 29.8 Å². The maximum absolute atomic E-state index is 13.4. The van der Waals surface area contributed by atoms with E-state index in [1.807, 2.05) is 59.5 Å². The minimum Gasteiger partial charge on any atom is -0.377 e. The molecular formula is C24H20N6O2. The number of hydrogen-bond donors (Lipinski definition) is 2. The van der Waals surface area contributed by atoms with Gasteiger partial charge in [-0.2, -0.15) is 0 Å². The summed E-state index contributed by atoms with van der Waals surface area (Å²) in [6.07, 6.45) is 3.51. The molecule has 3 aromatic heterocycles. The van der Waals surface area contributed by atoms with Crippen molar-refractivity contribution >= 4 is 27.8 Å². The molecule has 1 saturated heterocycles. The van der Waals surface area contributed by atoms with E-state index in [0.717, 1.165) is 27.7 Å². The zero-order valence-electron chi connectivity index (χ0n) is 17.2. The summed E-state index contributed by atoms with van der Waals surface area (Å²) >= 11 is 0. The van der Waals surface area contributed by atoms with E-state index >= 15 is 0 Å². The van der Waals surface area contributed by atoms with Gasteiger partial charge in [-0.25, -0.2) is 9.97 Å². The van der Waals surface area contributed by atoms with Gasteiger partial charge in [-0.3, -0.25) is 14.9 Å². The molecule has 1 unspecified atom stereocenters. The Kier molecular flexibility index (Phi) is 4.43. The minimum absolute atomic E-state index is 0.151. The molecule has 1 atom stereocenters. The van der Waals surface area contributed by atoms with E-state index in [0.29, 0.717) is 30.8 Å². The zero-order chi connectivity index (χ0) is 21.5. The zero-order valence-corrected chi connectivity index (χ0v) is 17.2. The van der Waals surface area contributed by atoms with Crippen molar-refractivity contribution in [2.75, 3.05) is 19.8 Å². The fourth-order valence-corrected chi connectivity index (χ4v) is 4.28. The predicted octanol–water partition coefficient (Wildman–Crippen LogP) is 3.71. The molecule has 4 heterocycles. The smallest absolute Gasteiger partial charge is 0.292 e. The van der Waals surface area contributed by atoms with Crippen LogP contribution in [0, 0.1) is 0 Å². The SMILES string of the molecule is O=C(c1nc2cc3[nH][nH]c(-c4ccncc4)c3cc2n1)N1CCOCC1c1ccccc1. The number of pyridine rings is 1. The van der Waals surface area contributed by atoms with Gasteiger partial charge in [-0.1, -0.05) is 30.3 Å². The van der Waals surface area contributed by atoms with Crippen LogP contribution in [0.25, 0.3) is 33.2 Å². The highest BCUT2D eigenvalue weighted by atomic mass is 16.5. The Hall–Kier alpha value is -4.04. The normalized spacial score (nSPS) is 16.6. The first-order chi connectivity index (χ1) is 15.8. The second-order valence-electron chi connectivity index (χ2n) is 7.79. The molecule has 6 rings (SSSR count). The number of hydrogen-bond acceptors (Lipinski definition) is 5. The van der Waals surface area contributed by atoms with Crippen LogP contribution >= 0.6 is 0 Å². The Morgan fingerprint density at radius 2 is 1.78 bits per heavy atom. The average Bonchev–Trinajstić information content (AvgIpc) is 3.46. The highest BCUT2D eigenvalue weighted by molar-refractivity contribution is 6.02. The van der Waals surface area contributed by atoms with E-state index in [1.165, 1.54) is 0 Å². The second kappa shape index (κ2) is 7.58. The van der Waals surface area contributed by atoms with E-state index in [9.17, 15) is 4.79 Å². The molecule has 1 aliphatic rings. The summed E-state index contributed by atoms with van der Waals surface area (Å²) in [6.45, 7) is 1.47. The fraction of sp³-hybridized carbons (Fsp3) is 0.167. The summed E-state index contributed by atoms with van der Waals surface area (Å²) in [5.74, 6) is 0.0351. The summed E-state index contributed by atoms with van der Waals surface area (Å²) in [7, 11) is 0. The standard InChI is InChI=1S/C24H20N6O2/c31-24(30-10-11-32-14-21(30)15-4-2-1-3-5-15)23-26-19-12-17-18(13-20(19)27-23)28-29-22(17)16-6-8-25-9-7-16/h1-9,12-13,21,28-29H,10-11,14H2.